The summed E-state index contributed by atoms with van der Waals surface area (Å²) in [6.07, 6.45) is 7.14. The zero-order valence-electron chi connectivity index (χ0n) is 10.1. The van der Waals surface area contributed by atoms with Gasteiger partial charge in [0, 0.05) is 18.3 Å². The monoisotopic (exact) mass is 220 g/mol. The lowest BCUT2D eigenvalue weighted by molar-refractivity contribution is 0.201. The molecule has 1 aliphatic carbocycles. The fourth-order valence-corrected chi connectivity index (χ4v) is 2.10. The molecule has 1 aromatic heterocycles. The normalized spacial score (nSPS) is 18.6. The number of nitrogens with zero attached hydrogens (tertiary/aromatic N) is 1. The van der Waals surface area contributed by atoms with E-state index in [4.69, 9.17) is 4.74 Å². The molecule has 1 fully saturated rings. The Balaban J connectivity index is 2.03. The van der Waals surface area contributed by atoms with E-state index >= 15 is 0 Å². The molecular formula is C13H20N2O. The van der Waals surface area contributed by atoms with E-state index in [-0.39, 0.29) is 0 Å². The van der Waals surface area contributed by atoms with Crippen molar-refractivity contribution in [1.82, 2.24) is 10.3 Å². The van der Waals surface area contributed by atoms with Gasteiger partial charge in [0.05, 0.1) is 0 Å². The van der Waals surface area contributed by atoms with Crippen LogP contribution in [0.4, 0.5) is 0 Å². The highest BCUT2D eigenvalue weighted by Crippen LogP contribution is 2.24. The Labute approximate surface area is 97.2 Å². The van der Waals surface area contributed by atoms with Crippen molar-refractivity contribution in [3.8, 4) is 5.88 Å². The van der Waals surface area contributed by atoms with Crippen molar-refractivity contribution in [3.63, 3.8) is 0 Å². The molecule has 1 atom stereocenters. The number of nitrogens with one attached hydrogen (secondary N) is 1. The minimum absolute atomic E-state index is 0.342. The fraction of sp³-hybridized carbons (Fsp3) is 0.615. The second-order valence-corrected chi connectivity index (χ2v) is 4.46. The van der Waals surface area contributed by atoms with Crippen molar-refractivity contribution in [2.45, 2.75) is 44.8 Å². The number of aromatic nitrogens is 1. The Bertz CT molecular complexity index is 334. The minimum atomic E-state index is 0.342. The van der Waals surface area contributed by atoms with Crippen molar-refractivity contribution in [2.24, 2.45) is 0 Å². The van der Waals surface area contributed by atoms with E-state index in [1.165, 1.54) is 31.2 Å². The van der Waals surface area contributed by atoms with Gasteiger partial charge in [0.1, 0.15) is 6.10 Å². The largest absolute Gasteiger partial charge is 0.474 e. The third-order valence-corrected chi connectivity index (χ3v) is 3.28. The van der Waals surface area contributed by atoms with Crippen molar-refractivity contribution >= 4 is 0 Å². The molecule has 0 saturated heterocycles. The van der Waals surface area contributed by atoms with Crippen LogP contribution in [-0.4, -0.2) is 18.1 Å². The summed E-state index contributed by atoms with van der Waals surface area (Å²) in [5.41, 5.74) is 1.23. The molecule has 0 radical (unpaired) electrons. The Hall–Kier alpha value is -1.09. The second-order valence-electron chi connectivity index (χ2n) is 4.46. The molecule has 0 amide bonds. The molecule has 1 heterocycles. The molecule has 2 rings (SSSR count). The lowest BCUT2D eigenvalue weighted by Crippen LogP contribution is -2.14. The zero-order valence-corrected chi connectivity index (χ0v) is 10.1. The summed E-state index contributed by atoms with van der Waals surface area (Å²) in [7, 11) is 1.96. The summed E-state index contributed by atoms with van der Waals surface area (Å²) in [4.78, 5) is 4.27. The first-order valence-corrected chi connectivity index (χ1v) is 6.09. The smallest absolute Gasteiger partial charge is 0.213 e. The number of ether oxygens (including phenoxy) is 1. The highest BCUT2D eigenvalue weighted by molar-refractivity contribution is 5.23. The van der Waals surface area contributed by atoms with Crippen molar-refractivity contribution in [3.05, 3.63) is 23.9 Å². The second kappa shape index (κ2) is 5.30. The van der Waals surface area contributed by atoms with Crippen LogP contribution >= 0.6 is 0 Å². The van der Waals surface area contributed by atoms with Crippen LogP contribution in [-0.2, 0) is 0 Å². The third-order valence-electron chi connectivity index (χ3n) is 3.28. The van der Waals surface area contributed by atoms with Gasteiger partial charge in [-0.2, -0.15) is 0 Å². The summed E-state index contributed by atoms with van der Waals surface area (Å²) in [5.74, 6) is 0.770. The number of hydrogen-bond donors (Lipinski definition) is 1. The molecule has 0 bridgehead atoms. The van der Waals surface area contributed by atoms with Gasteiger partial charge < -0.3 is 10.1 Å². The number of rotatable bonds is 4. The lowest BCUT2D eigenvalue weighted by Gasteiger charge is -2.15. The minimum Gasteiger partial charge on any atom is -0.474 e. The van der Waals surface area contributed by atoms with Crippen LogP contribution < -0.4 is 10.1 Å². The topological polar surface area (TPSA) is 34.2 Å². The Morgan fingerprint density at radius 3 is 2.88 bits per heavy atom. The zero-order chi connectivity index (χ0) is 11.4. The molecule has 3 heteroatoms. The number of hydrogen-bond acceptors (Lipinski definition) is 3. The van der Waals surface area contributed by atoms with Crippen LogP contribution in [0.15, 0.2) is 18.3 Å². The van der Waals surface area contributed by atoms with Crippen molar-refractivity contribution in [1.29, 1.82) is 0 Å². The molecule has 0 aromatic carbocycles. The molecule has 1 saturated carbocycles. The SMILES string of the molecule is CNC(C)c1ccnc(OC2CCCC2)c1. The first-order valence-electron chi connectivity index (χ1n) is 6.09. The van der Waals surface area contributed by atoms with Crippen LogP contribution in [0.2, 0.25) is 0 Å². The van der Waals surface area contributed by atoms with E-state index in [0.717, 1.165) is 5.88 Å². The average Bonchev–Trinajstić information content (AvgIpc) is 2.81. The molecule has 3 nitrogen and oxygen atoms in total. The highest BCUT2D eigenvalue weighted by atomic mass is 16.5. The summed E-state index contributed by atoms with van der Waals surface area (Å²) >= 11 is 0. The molecule has 1 N–H and O–H groups in total. The molecule has 1 aromatic rings. The van der Waals surface area contributed by atoms with Crippen molar-refractivity contribution in [2.75, 3.05) is 7.05 Å². The van der Waals surface area contributed by atoms with Crippen LogP contribution in [0.5, 0.6) is 5.88 Å². The quantitative estimate of drug-likeness (QED) is 0.847. The molecule has 0 aliphatic heterocycles. The predicted molar refractivity (Wildman–Crippen MR) is 64.6 cm³/mol. The Morgan fingerprint density at radius 2 is 2.19 bits per heavy atom. The van der Waals surface area contributed by atoms with Gasteiger partial charge in [0.2, 0.25) is 5.88 Å². The summed E-state index contributed by atoms with van der Waals surface area (Å²) in [5, 5.41) is 3.22. The standard InChI is InChI=1S/C13H20N2O/c1-10(14-2)11-7-8-15-13(9-11)16-12-5-3-4-6-12/h7-10,12,14H,3-6H2,1-2H3. The van der Waals surface area contributed by atoms with E-state index in [9.17, 15) is 0 Å². The summed E-state index contributed by atoms with van der Waals surface area (Å²) < 4.78 is 5.87. The third kappa shape index (κ3) is 2.73. The van der Waals surface area contributed by atoms with E-state index in [0.29, 0.717) is 12.1 Å². The molecule has 16 heavy (non-hydrogen) atoms. The van der Waals surface area contributed by atoms with Crippen LogP contribution in [0.25, 0.3) is 0 Å². The Morgan fingerprint density at radius 1 is 1.44 bits per heavy atom. The predicted octanol–water partition coefficient (Wildman–Crippen LogP) is 2.68. The molecular weight excluding hydrogens is 200 g/mol. The van der Waals surface area contributed by atoms with Gasteiger partial charge in [-0.3, -0.25) is 0 Å². The Kier molecular flexibility index (Phi) is 3.78. The lowest BCUT2D eigenvalue weighted by atomic mass is 10.1. The highest BCUT2D eigenvalue weighted by Gasteiger charge is 2.17. The van der Waals surface area contributed by atoms with Gasteiger partial charge >= 0.3 is 0 Å². The van der Waals surface area contributed by atoms with Gasteiger partial charge in [-0.15, -0.1) is 0 Å². The molecule has 1 aliphatic rings. The first kappa shape index (κ1) is 11.4. The van der Waals surface area contributed by atoms with Gasteiger partial charge in [-0.05, 0) is 51.3 Å². The van der Waals surface area contributed by atoms with E-state index in [1.54, 1.807) is 0 Å². The maximum atomic E-state index is 5.87. The maximum Gasteiger partial charge on any atom is 0.213 e. The molecule has 88 valence electrons. The van der Waals surface area contributed by atoms with E-state index < -0.39 is 0 Å². The van der Waals surface area contributed by atoms with Crippen molar-refractivity contribution < 1.29 is 4.74 Å². The number of pyridine rings is 1. The fourth-order valence-electron chi connectivity index (χ4n) is 2.10. The van der Waals surface area contributed by atoms with Crippen LogP contribution in [0.1, 0.15) is 44.2 Å². The molecule has 0 spiro atoms. The van der Waals surface area contributed by atoms with Gasteiger partial charge in [-0.1, -0.05) is 0 Å². The van der Waals surface area contributed by atoms with Crippen LogP contribution in [0.3, 0.4) is 0 Å². The van der Waals surface area contributed by atoms with E-state index in [2.05, 4.69) is 17.2 Å². The van der Waals surface area contributed by atoms with Crippen LogP contribution in [0, 0.1) is 0 Å². The van der Waals surface area contributed by atoms with Gasteiger partial charge in [0.25, 0.3) is 0 Å². The van der Waals surface area contributed by atoms with E-state index in [1.807, 2.05) is 25.4 Å². The summed E-state index contributed by atoms with van der Waals surface area (Å²) in [6, 6.07) is 4.41. The average molecular weight is 220 g/mol. The van der Waals surface area contributed by atoms with Gasteiger partial charge in [-0.25, -0.2) is 4.98 Å². The maximum absolute atomic E-state index is 5.87. The summed E-state index contributed by atoms with van der Waals surface area (Å²) in [6.45, 7) is 2.13. The van der Waals surface area contributed by atoms with Gasteiger partial charge in [0.15, 0.2) is 0 Å². The molecule has 1 unspecified atom stereocenters. The first-order chi connectivity index (χ1) is 7.79.